The molecule has 1 aliphatic rings. The van der Waals surface area contributed by atoms with Gasteiger partial charge in [0.15, 0.2) is 11.5 Å². The Labute approximate surface area is 182 Å². The van der Waals surface area contributed by atoms with Gasteiger partial charge in [-0.1, -0.05) is 47.1 Å². The van der Waals surface area contributed by atoms with E-state index < -0.39 is 0 Å². The normalized spacial score (nSPS) is 13.1. The summed E-state index contributed by atoms with van der Waals surface area (Å²) in [6, 6.07) is 14.6. The number of carbonyl (C=O) groups excluding carboxylic acids is 1. The van der Waals surface area contributed by atoms with Gasteiger partial charge in [0.1, 0.15) is 0 Å². The van der Waals surface area contributed by atoms with Gasteiger partial charge in [-0.3, -0.25) is 4.79 Å². The molecule has 0 saturated heterocycles. The number of pyridine rings is 1. The minimum Gasteiger partial charge on any atom is -0.490 e. The molecule has 0 fully saturated rings. The highest BCUT2D eigenvalue weighted by Crippen LogP contribution is 2.38. The first-order chi connectivity index (χ1) is 15.1. The lowest BCUT2D eigenvalue weighted by atomic mass is 10.0. The molecule has 5 rings (SSSR count). The minimum atomic E-state index is -0.354. The SMILES string of the molecule is Cc1noc2nc(-c3ccccc3)cc(C(=O)Nc3cc4c(cc3Cl)OCCCO4)c12. The smallest absolute Gasteiger partial charge is 0.259 e. The fourth-order valence-corrected chi connectivity index (χ4v) is 3.70. The fourth-order valence-electron chi connectivity index (χ4n) is 3.50. The van der Waals surface area contributed by atoms with Crippen molar-refractivity contribution in [1.82, 2.24) is 10.1 Å². The van der Waals surface area contributed by atoms with Gasteiger partial charge in [0.25, 0.3) is 11.6 Å². The van der Waals surface area contributed by atoms with Crippen LogP contribution in [-0.4, -0.2) is 29.3 Å². The quantitative estimate of drug-likeness (QED) is 0.472. The third-order valence-corrected chi connectivity index (χ3v) is 5.33. The van der Waals surface area contributed by atoms with E-state index in [1.54, 1.807) is 25.1 Å². The van der Waals surface area contributed by atoms with Gasteiger partial charge < -0.3 is 19.3 Å². The van der Waals surface area contributed by atoms with Crippen LogP contribution in [0.1, 0.15) is 22.5 Å². The lowest BCUT2D eigenvalue weighted by Crippen LogP contribution is -2.13. The molecule has 0 radical (unpaired) electrons. The van der Waals surface area contributed by atoms with E-state index in [2.05, 4.69) is 15.5 Å². The van der Waals surface area contributed by atoms with Gasteiger partial charge in [0.05, 0.1) is 46.3 Å². The van der Waals surface area contributed by atoms with Gasteiger partial charge in [-0.15, -0.1) is 0 Å². The van der Waals surface area contributed by atoms with Gasteiger partial charge in [-0.2, -0.15) is 0 Å². The summed E-state index contributed by atoms with van der Waals surface area (Å²) in [5, 5.41) is 7.78. The Balaban J connectivity index is 1.56. The van der Waals surface area contributed by atoms with E-state index >= 15 is 0 Å². The minimum absolute atomic E-state index is 0.300. The summed E-state index contributed by atoms with van der Waals surface area (Å²) in [6.45, 7) is 2.86. The molecule has 31 heavy (non-hydrogen) atoms. The van der Waals surface area contributed by atoms with Gasteiger partial charge in [-0.05, 0) is 13.0 Å². The first-order valence-corrected chi connectivity index (χ1v) is 10.2. The Morgan fingerprint density at radius 1 is 1.06 bits per heavy atom. The zero-order chi connectivity index (χ0) is 21.4. The van der Waals surface area contributed by atoms with E-state index in [1.165, 1.54) is 0 Å². The number of halogens is 1. The summed E-state index contributed by atoms with van der Waals surface area (Å²) in [5.74, 6) is 0.753. The van der Waals surface area contributed by atoms with Gasteiger partial charge in [-0.25, -0.2) is 4.98 Å². The second-order valence-electron chi connectivity index (χ2n) is 7.15. The van der Waals surface area contributed by atoms with Crippen LogP contribution in [0.15, 0.2) is 53.1 Å². The second-order valence-corrected chi connectivity index (χ2v) is 7.56. The Kier molecular flexibility index (Phi) is 4.95. The molecule has 7 nitrogen and oxygen atoms in total. The van der Waals surface area contributed by atoms with Crippen LogP contribution in [-0.2, 0) is 0 Å². The van der Waals surface area contributed by atoms with Crippen molar-refractivity contribution in [1.29, 1.82) is 0 Å². The summed E-state index contributed by atoms with van der Waals surface area (Å²) in [7, 11) is 0. The van der Waals surface area contributed by atoms with Crippen molar-refractivity contribution in [3.63, 3.8) is 0 Å². The van der Waals surface area contributed by atoms with E-state index in [1.807, 2.05) is 30.3 Å². The zero-order valence-corrected chi connectivity index (χ0v) is 17.4. The molecule has 1 amide bonds. The number of hydrogen-bond donors (Lipinski definition) is 1. The maximum absolute atomic E-state index is 13.3. The van der Waals surface area contributed by atoms with Crippen LogP contribution in [0.2, 0.25) is 5.02 Å². The van der Waals surface area contributed by atoms with Crippen LogP contribution >= 0.6 is 11.6 Å². The summed E-state index contributed by atoms with van der Waals surface area (Å²) in [5.41, 5.74) is 3.17. The molecule has 2 aromatic heterocycles. The van der Waals surface area contributed by atoms with E-state index in [4.69, 9.17) is 25.6 Å². The molecular weight excluding hydrogens is 418 g/mol. The molecule has 0 spiro atoms. The van der Waals surface area contributed by atoms with Crippen LogP contribution in [0.3, 0.4) is 0 Å². The molecule has 4 aromatic rings. The molecule has 0 aliphatic carbocycles. The molecule has 0 atom stereocenters. The fraction of sp³-hybridized carbons (Fsp3) is 0.174. The molecule has 1 aliphatic heterocycles. The number of anilines is 1. The van der Waals surface area contributed by atoms with Crippen LogP contribution in [0.4, 0.5) is 5.69 Å². The maximum Gasteiger partial charge on any atom is 0.259 e. The number of fused-ring (bicyclic) bond motifs is 2. The van der Waals surface area contributed by atoms with Crippen molar-refractivity contribution < 1.29 is 18.8 Å². The second kappa shape index (κ2) is 7.92. The first-order valence-electron chi connectivity index (χ1n) is 9.83. The van der Waals surface area contributed by atoms with Crippen molar-refractivity contribution in [3.05, 3.63) is 64.8 Å². The van der Waals surface area contributed by atoms with Gasteiger partial charge in [0, 0.05) is 24.1 Å². The lowest BCUT2D eigenvalue weighted by Gasteiger charge is -2.13. The van der Waals surface area contributed by atoms with E-state index in [0.717, 1.165) is 12.0 Å². The number of aromatic nitrogens is 2. The molecule has 1 N–H and O–H groups in total. The number of carbonyl (C=O) groups is 1. The molecule has 0 saturated carbocycles. The average molecular weight is 436 g/mol. The average Bonchev–Trinajstić information content (AvgIpc) is 3.01. The molecule has 156 valence electrons. The van der Waals surface area contributed by atoms with Crippen LogP contribution in [0.25, 0.3) is 22.4 Å². The third-order valence-electron chi connectivity index (χ3n) is 5.02. The molecule has 8 heteroatoms. The Morgan fingerprint density at radius 2 is 1.81 bits per heavy atom. The Morgan fingerprint density at radius 3 is 2.58 bits per heavy atom. The standard InChI is InChI=1S/C23H18ClN3O4/c1-13-21-15(10-17(26-23(21)31-27-13)14-6-3-2-4-7-14)22(28)25-18-12-20-19(11-16(18)24)29-8-5-9-30-20/h2-4,6-7,10-12H,5,8-9H2,1H3,(H,25,28). The molecule has 2 aromatic carbocycles. The van der Waals surface area contributed by atoms with Crippen LogP contribution in [0, 0.1) is 6.92 Å². The van der Waals surface area contributed by atoms with Crippen LogP contribution in [0.5, 0.6) is 11.5 Å². The molecule has 3 heterocycles. The van der Waals surface area contributed by atoms with E-state index in [-0.39, 0.29) is 5.91 Å². The molecular formula is C23H18ClN3O4. The topological polar surface area (TPSA) is 86.5 Å². The van der Waals surface area contributed by atoms with Crippen molar-refractivity contribution in [2.45, 2.75) is 13.3 Å². The third kappa shape index (κ3) is 3.68. The molecule has 0 unspecified atom stereocenters. The van der Waals surface area contributed by atoms with E-state index in [9.17, 15) is 4.79 Å². The number of benzene rings is 2. The Bertz CT molecular complexity index is 1290. The summed E-state index contributed by atoms with van der Waals surface area (Å²) >= 11 is 6.41. The number of ether oxygens (including phenoxy) is 2. The monoisotopic (exact) mass is 435 g/mol. The highest BCUT2D eigenvalue weighted by molar-refractivity contribution is 6.34. The number of aryl methyl sites for hydroxylation is 1. The number of rotatable bonds is 3. The van der Waals surface area contributed by atoms with Crippen molar-refractivity contribution >= 4 is 34.3 Å². The lowest BCUT2D eigenvalue weighted by molar-refractivity contribution is 0.102. The maximum atomic E-state index is 13.3. The largest absolute Gasteiger partial charge is 0.490 e. The predicted molar refractivity (Wildman–Crippen MR) is 117 cm³/mol. The predicted octanol–water partition coefficient (Wildman–Crippen LogP) is 5.27. The van der Waals surface area contributed by atoms with E-state index in [0.29, 0.717) is 63.5 Å². The Hall–Kier alpha value is -3.58. The number of hydrogen-bond acceptors (Lipinski definition) is 6. The zero-order valence-electron chi connectivity index (χ0n) is 16.6. The number of nitrogens with one attached hydrogen (secondary N) is 1. The van der Waals surface area contributed by atoms with Crippen molar-refractivity contribution in [2.24, 2.45) is 0 Å². The molecule has 0 bridgehead atoms. The first kappa shape index (κ1) is 19.4. The van der Waals surface area contributed by atoms with Crippen LogP contribution < -0.4 is 14.8 Å². The number of amides is 1. The van der Waals surface area contributed by atoms with Gasteiger partial charge >= 0.3 is 0 Å². The number of nitrogens with zero attached hydrogens (tertiary/aromatic N) is 2. The van der Waals surface area contributed by atoms with Crippen molar-refractivity contribution in [3.8, 4) is 22.8 Å². The summed E-state index contributed by atoms with van der Waals surface area (Å²) in [6.07, 6.45) is 0.776. The summed E-state index contributed by atoms with van der Waals surface area (Å²) < 4.78 is 16.7. The van der Waals surface area contributed by atoms with Gasteiger partial charge in [0.2, 0.25) is 0 Å². The highest BCUT2D eigenvalue weighted by atomic mass is 35.5. The summed E-state index contributed by atoms with van der Waals surface area (Å²) in [4.78, 5) is 17.8. The highest BCUT2D eigenvalue weighted by Gasteiger charge is 2.21. The van der Waals surface area contributed by atoms with Crippen molar-refractivity contribution in [2.75, 3.05) is 18.5 Å².